The summed E-state index contributed by atoms with van der Waals surface area (Å²) in [5.74, 6) is -1.78. The van der Waals surface area contributed by atoms with E-state index in [9.17, 15) is 18.8 Å². The zero-order valence-electron chi connectivity index (χ0n) is 14.6. The van der Waals surface area contributed by atoms with E-state index >= 15 is 0 Å². The summed E-state index contributed by atoms with van der Waals surface area (Å²) in [4.78, 5) is 42.4. The largest absolute Gasteiger partial charge is 0.465 e. The standard InChI is InChI=1S/C18H18FN3O4S/c1-26-17(25)14-9-20-18(27-14)21-15(23)12-3-2-8-22(10-12)16(24)11-4-6-13(19)7-5-11/h4-7,9,12H,2-3,8,10H2,1H3,(H,20,21,23). The van der Waals surface area contributed by atoms with Crippen LogP contribution in [-0.2, 0) is 9.53 Å². The number of benzene rings is 1. The van der Waals surface area contributed by atoms with Crippen LogP contribution < -0.4 is 5.32 Å². The molecule has 1 unspecified atom stereocenters. The van der Waals surface area contributed by atoms with Crippen LogP contribution in [0.15, 0.2) is 30.5 Å². The normalized spacial score (nSPS) is 16.7. The van der Waals surface area contributed by atoms with Crippen LogP contribution in [0.2, 0.25) is 0 Å². The number of aromatic nitrogens is 1. The number of hydrogen-bond acceptors (Lipinski definition) is 6. The molecule has 1 saturated heterocycles. The van der Waals surface area contributed by atoms with Gasteiger partial charge in [0.1, 0.15) is 10.7 Å². The van der Waals surface area contributed by atoms with E-state index in [2.05, 4.69) is 15.0 Å². The van der Waals surface area contributed by atoms with Gasteiger partial charge in [0.25, 0.3) is 5.91 Å². The average molecular weight is 391 g/mol. The Morgan fingerprint density at radius 3 is 2.74 bits per heavy atom. The fourth-order valence-corrected chi connectivity index (χ4v) is 3.62. The van der Waals surface area contributed by atoms with Gasteiger partial charge in [-0.15, -0.1) is 0 Å². The van der Waals surface area contributed by atoms with Crippen molar-refractivity contribution in [2.45, 2.75) is 12.8 Å². The minimum absolute atomic E-state index is 0.227. The van der Waals surface area contributed by atoms with Gasteiger partial charge in [0, 0.05) is 18.7 Å². The average Bonchev–Trinajstić information content (AvgIpc) is 3.16. The van der Waals surface area contributed by atoms with Crippen molar-refractivity contribution < 1.29 is 23.5 Å². The summed E-state index contributed by atoms with van der Waals surface area (Å²) in [5.41, 5.74) is 0.389. The van der Waals surface area contributed by atoms with Gasteiger partial charge >= 0.3 is 5.97 Å². The number of methoxy groups -OCH3 is 1. The zero-order chi connectivity index (χ0) is 19.4. The lowest BCUT2D eigenvalue weighted by Crippen LogP contribution is -2.43. The van der Waals surface area contributed by atoms with E-state index in [1.54, 1.807) is 4.90 Å². The minimum Gasteiger partial charge on any atom is -0.465 e. The molecule has 1 aromatic carbocycles. The highest BCUT2D eigenvalue weighted by Crippen LogP contribution is 2.23. The van der Waals surface area contributed by atoms with Crippen LogP contribution in [0.1, 0.15) is 32.9 Å². The summed E-state index contributed by atoms with van der Waals surface area (Å²) in [6.07, 6.45) is 2.68. The number of halogens is 1. The monoisotopic (exact) mass is 391 g/mol. The summed E-state index contributed by atoms with van der Waals surface area (Å²) in [7, 11) is 1.27. The van der Waals surface area contributed by atoms with Gasteiger partial charge in [-0.2, -0.15) is 0 Å². The van der Waals surface area contributed by atoms with E-state index in [1.165, 1.54) is 37.6 Å². The van der Waals surface area contributed by atoms with Crippen molar-refractivity contribution in [3.63, 3.8) is 0 Å². The van der Waals surface area contributed by atoms with Crippen molar-refractivity contribution in [1.82, 2.24) is 9.88 Å². The summed E-state index contributed by atoms with van der Waals surface area (Å²) in [6.45, 7) is 0.820. The van der Waals surface area contributed by atoms with Crippen molar-refractivity contribution >= 4 is 34.3 Å². The summed E-state index contributed by atoms with van der Waals surface area (Å²) in [5, 5.41) is 3.00. The summed E-state index contributed by atoms with van der Waals surface area (Å²) < 4.78 is 17.6. The van der Waals surface area contributed by atoms with Gasteiger partial charge in [0.05, 0.1) is 19.2 Å². The van der Waals surface area contributed by atoms with Gasteiger partial charge in [0.2, 0.25) is 5.91 Å². The first kappa shape index (κ1) is 19.0. The zero-order valence-corrected chi connectivity index (χ0v) is 15.4. The lowest BCUT2D eigenvalue weighted by molar-refractivity contribution is -0.121. The molecule has 142 valence electrons. The third-order valence-electron chi connectivity index (χ3n) is 4.29. The quantitative estimate of drug-likeness (QED) is 0.810. The minimum atomic E-state index is -0.512. The van der Waals surface area contributed by atoms with Crippen LogP contribution >= 0.6 is 11.3 Å². The Labute approximate surface area is 159 Å². The van der Waals surface area contributed by atoms with Crippen LogP contribution in [0.5, 0.6) is 0 Å². The molecule has 1 atom stereocenters. The van der Waals surface area contributed by atoms with Gasteiger partial charge in [-0.25, -0.2) is 14.2 Å². The second-order valence-corrected chi connectivity index (χ2v) is 7.14. The number of hydrogen-bond donors (Lipinski definition) is 1. The maximum Gasteiger partial charge on any atom is 0.349 e. The summed E-state index contributed by atoms with van der Waals surface area (Å²) >= 11 is 1.03. The van der Waals surface area contributed by atoms with Gasteiger partial charge in [-0.3, -0.25) is 9.59 Å². The van der Waals surface area contributed by atoms with Crippen LogP contribution in [0.4, 0.5) is 9.52 Å². The second kappa shape index (κ2) is 8.26. The fourth-order valence-electron chi connectivity index (χ4n) is 2.88. The number of likely N-dealkylation sites (tertiary alicyclic amines) is 1. The number of piperidine rings is 1. The number of nitrogens with zero attached hydrogens (tertiary/aromatic N) is 2. The second-order valence-electron chi connectivity index (χ2n) is 6.11. The van der Waals surface area contributed by atoms with Crippen LogP contribution in [0.3, 0.4) is 0 Å². The number of carbonyl (C=O) groups excluding carboxylic acids is 3. The molecular formula is C18H18FN3O4S. The van der Waals surface area contributed by atoms with E-state index in [0.717, 1.165) is 11.3 Å². The molecule has 2 heterocycles. The fraction of sp³-hybridized carbons (Fsp3) is 0.333. The van der Waals surface area contributed by atoms with Gasteiger partial charge in [-0.1, -0.05) is 11.3 Å². The Bertz CT molecular complexity index is 853. The lowest BCUT2D eigenvalue weighted by Gasteiger charge is -2.32. The number of amides is 2. The van der Waals surface area contributed by atoms with Gasteiger partial charge in [0.15, 0.2) is 5.13 Å². The highest BCUT2D eigenvalue weighted by molar-refractivity contribution is 7.17. The van der Waals surface area contributed by atoms with Gasteiger partial charge in [-0.05, 0) is 37.1 Å². The molecule has 0 radical (unpaired) electrons. The molecule has 27 heavy (non-hydrogen) atoms. The Hall–Kier alpha value is -2.81. The van der Waals surface area contributed by atoms with Crippen LogP contribution in [0, 0.1) is 11.7 Å². The molecule has 9 heteroatoms. The molecule has 1 aliphatic rings. The maximum absolute atomic E-state index is 13.0. The third kappa shape index (κ3) is 4.48. The molecular weight excluding hydrogens is 373 g/mol. The number of ether oxygens (including phenoxy) is 1. The molecule has 2 amide bonds. The molecule has 0 bridgehead atoms. The molecule has 0 saturated carbocycles. The molecule has 1 N–H and O–H groups in total. The van der Waals surface area contributed by atoms with E-state index in [1.807, 2.05) is 0 Å². The number of carbonyl (C=O) groups is 3. The molecule has 7 nitrogen and oxygen atoms in total. The highest BCUT2D eigenvalue weighted by atomic mass is 32.1. The maximum atomic E-state index is 13.0. The molecule has 1 aromatic heterocycles. The Morgan fingerprint density at radius 2 is 2.04 bits per heavy atom. The first-order valence-corrected chi connectivity index (χ1v) is 9.19. The Kier molecular flexibility index (Phi) is 5.80. The topological polar surface area (TPSA) is 88.6 Å². The lowest BCUT2D eigenvalue weighted by atomic mass is 9.96. The van der Waals surface area contributed by atoms with E-state index in [0.29, 0.717) is 35.0 Å². The molecule has 1 aliphatic heterocycles. The summed E-state index contributed by atoms with van der Waals surface area (Å²) in [6, 6.07) is 5.35. The SMILES string of the molecule is COC(=O)c1cnc(NC(=O)C2CCCN(C(=O)c3ccc(F)cc3)C2)s1. The Balaban J connectivity index is 1.62. The first-order chi connectivity index (χ1) is 13.0. The van der Waals surface area contributed by atoms with Crippen molar-refractivity contribution in [1.29, 1.82) is 0 Å². The van der Waals surface area contributed by atoms with Crippen LogP contribution in [-0.4, -0.2) is 47.9 Å². The third-order valence-corrected chi connectivity index (χ3v) is 5.19. The number of anilines is 1. The molecule has 1 fully saturated rings. The smallest absolute Gasteiger partial charge is 0.349 e. The number of rotatable bonds is 4. The van der Waals surface area contributed by atoms with Crippen molar-refractivity contribution in [2.24, 2.45) is 5.92 Å². The molecule has 0 spiro atoms. The van der Waals surface area contributed by atoms with Crippen LogP contribution in [0.25, 0.3) is 0 Å². The van der Waals surface area contributed by atoms with E-state index < -0.39 is 11.8 Å². The number of thiazole rings is 1. The van der Waals surface area contributed by atoms with Crippen molar-refractivity contribution in [3.05, 3.63) is 46.7 Å². The predicted molar refractivity (Wildman–Crippen MR) is 97.1 cm³/mol. The number of esters is 1. The highest BCUT2D eigenvalue weighted by Gasteiger charge is 2.29. The molecule has 3 rings (SSSR count). The van der Waals surface area contributed by atoms with Gasteiger partial charge < -0.3 is 15.0 Å². The van der Waals surface area contributed by atoms with Crippen molar-refractivity contribution in [3.8, 4) is 0 Å². The van der Waals surface area contributed by atoms with E-state index in [4.69, 9.17) is 0 Å². The van der Waals surface area contributed by atoms with E-state index in [-0.39, 0.29) is 24.3 Å². The molecule has 0 aliphatic carbocycles. The van der Waals surface area contributed by atoms with Crippen molar-refractivity contribution in [2.75, 3.05) is 25.5 Å². The predicted octanol–water partition coefficient (Wildman–Crippen LogP) is 2.56. The molecule has 2 aromatic rings. The first-order valence-electron chi connectivity index (χ1n) is 8.38. The number of nitrogens with one attached hydrogen (secondary N) is 1. The Morgan fingerprint density at radius 1 is 1.30 bits per heavy atom.